The second-order valence-corrected chi connectivity index (χ2v) is 2.43. The van der Waals surface area contributed by atoms with E-state index in [1.807, 2.05) is 0 Å². The van der Waals surface area contributed by atoms with Crippen molar-refractivity contribution in [3.63, 3.8) is 0 Å². The predicted molar refractivity (Wildman–Crippen MR) is 34.3 cm³/mol. The Hall–Kier alpha value is -1.17. The molecule has 6 nitrogen and oxygen atoms in total. The van der Waals surface area contributed by atoms with Gasteiger partial charge in [0, 0.05) is 13.0 Å². The molecular formula is C5H8N2O4. The number of aliphatic carboxylic acids is 1. The number of rotatable bonds is 2. The van der Waals surface area contributed by atoms with Crippen molar-refractivity contribution >= 4 is 5.97 Å². The van der Waals surface area contributed by atoms with Crippen LogP contribution in [0.15, 0.2) is 5.29 Å². The number of aliphatic hydroxyl groups is 1. The molecule has 6 heteroatoms. The van der Waals surface area contributed by atoms with Crippen LogP contribution in [0.25, 0.3) is 0 Å². The van der Waals surface area contributed by atoms with Crippen molar-refractivity contribution in [3.05, 3.63) is 4.91 Å². The minimum Gasteiger partial charge on any atom is -0.478 e. The summed E-state index contributed by atoms with van der Waals surface area (Å²) in [6.07, 6.45) is 0.516. The van der Waals surface area contributed by atoms with Crippen molar-refractivity contribution in [2.24, 2.45) is 5.29 Å². The number of hydrogen-bond acceptors (Lipinski definition) is 4. The minimum absolute atomic E-state index is 0.0497. The first-order valence-electron chi connectivity index (χ1n) is 3.18. The zero-order valence-corrected chi connectivity index (χ0v) is 5.73. The number of hydrogen-bond donors (Lipinski definition) is 2. The predicted octanol–water partition coefficient (Wildman–Crippen LogP) is -0.463. The Morgan fingerprint density at radius 2 is 2.27 bits per heavy atom. The van der Waals surface area contributed by atoms with Gasteiger partial charge in [-0.2, -0.15) is 0 Å². The molecule has 0 radical (unpaired) electrons. The van der Waals surface area contributed by atoms with Crippen LogP contribution in [0, 0.1) is 4.91 Å². The first kappa shape index (κ1) is 7.93. The Kier molecular flexibility index (Phi) is 1.77. The van der Waals surface area contributed by atoms with Crippen molar-refractivity contribution < 1.29 is 15.0 Å². The highest BCUT2D eigenvalue weighted by Crippen LogP contribution is 2.26. The van der Waals surface area contributed by atoms with Gasteiger partial charge in [0.15, 0.2) is 0 Å². The first-order chi connectivity index (χ1) is 5.11. The molecule has 1 rings (SSSR count). The third-order valence-electron chi connectivity index (χ3n) is 1.76. The smallest absolute Gasteiger partial charge is 0.358 e. The summed E-state index contributed by atoms with van der Waals surface area (Å²) in [5.41, 5.74) is -2.07. The third-order valence-corrected chi connectivity index (χ3v) is 1.76. The molecule has 1 atom stereocenters. The fraction of sp³-hybridized carbons (Fsp3) is 0.800. The van der Waals surface area contributed by atoms with Crippen molar-refractivity contribution in [2.75, 3.05) is 6.54 Å². The molecule has 11 heavy (non-hydrogen) atoms. The van der Waals surface area contributed by atoms with Crippen molar-refractivity contribution in [1.82, 2.24) is 5.01 Å². The van der Waals surface area contributed by atoms with Gasteiger partial charge in [-0.1, -0.05) is 0 Å². The van der Waals surface area contributed by atoms with Crippen LogP contribution in [0.2, 0.25) is 0 Å². The van der Waals surface area contributed by atoms with Crippen molar-refractivity contribution in [1.29, 1.82) is 0 Å². The second-order valence-electron chi connectivity index (χ2n) is 2.43. The molecular weight excluding hydrogens is 152 g/mol. The van der Waals surface area contributed by atoms with E-state index in [-0.39, 0.29) is 13.0 Å². The molecule has 1 saturated heterocycles. The van der Waals surface area contributed by atoms with E-state index in [4.69, 9.17) is 5.11 Å². The van der Waals surface area contributed by atoms with E-state index in [0.717, 1.165) is 0 Å². The summed E-state index contributed by atoms with van der Waals surface area (Å²) in [6, 6.07) is 0. The standard InChI is InChI=1S/C5H8N2O4/c8-4(9)5(10)2-1-3-7(5)6-11/h10H,1-3H2,(H,8,9). The summed E-state index contributed by atoms with van der Waals surface area (Å²) in [4.78, 5) is 20.4. The fourth-order valence-electron chi connectivity index (χ4n) is 1.12. The molecule has 1 heterocycles. The number of carboxylic acid groups (broad SMARTS) is 1. The van der Waals surface area contributed by atoms with Gasteiger partial charge in [0.1, 0.15) is 0 Å². The van der Waals surface area contributed by atoms with Crippen LogP contribution >= 0.6 is 0 Å². The number of nitroso groups, excluding NO2 is 1. The fourth-order valence-corrected chi connectivity index (χ4v) is 1.12. The molecule has 1 aliphatic heterocycles. The number of nitrogens with zero attached hydrogens (tertiary/aromatic N) is 2. The van der Waals surface area contributed by atoms with E-state index in [1.165, 1.54) is 0 Å². The monoisotopic (exact) mass is 160 g/mol. The second kappa shape index (κ2) is 2.46. The van der Waals surface area contributed by atoms with Gasteiger partial charge >= 0.3 is 5.97 Å². The highest BCUT2D eigenvalue weighted by Gasteiger charge is 2.47. The molecule has 1 unspecified atom stereocenters. The van der Waals surface area contributed by atoms with Crippen LogP contribution in [0.4, 0.5) is 0 Å². The summed E-state index contributed by atoms with van der Waals surface area (Å²) in [7, 11) is 0. The normalized spacial score (nSPS) is 30.5. The highest BCUT2D eigenvalue weighted by atomic mass is 16.4. The van der Waals surface area contributed by atoms with Crippen LogP contribution in [0.1, 0.15) is 12.8 Å². The van der Waals surface area contributed by atoms with Crippen molar-refractivity contribution in [2.45, 2.75) is 18.6 Å². The maximum Gasteiger partial charge on any atom is 0.358 e. The topological polar surface area (TPSA) is 90.2 Å². The van der Waals surface area contributed by atoms with Crippen LogP contribution in [-0.4, -0.2) is 33.5 Å². The number of carbonyl (C=O) groups is 1. The lowest BCUT2D eigenvalue weighted by molar-refractivity contribution is -0.176. The zero-order chi connectivity index (χ0) is 8.48. The van der Waals surface area contributed by atoms with Crippen LogP contribution in [-0.2, 0) is 4.79 Å². The largest absolute Gasteiger partial charge is 0.478 e. The van der Waals surface area contributed by atoms with E-state index in [1.54, 1.807) is 0 Å². The lowest BCUT2D eigenvalue weighted by Crippen LogP contribution is -2.47. The minimum atomic E-state index is -2.07. The van der Waals surface area contributed by atoms with Gasteiger partial charge in [0.05, 0.1) is 5.29 Å². The lowest BCUT2D eigenvalue weighted by Gasteiger charge is -2.22. The quantitative estimate of drug-likeness (QED) is 0.533. The van der Waals surface area contributed by atoms with Gasteiger partial charge in [-0.3, -0.25) is 0 Å². The third kappa shape index (κ3) is 1.05. The molecule has 0 spiro atoms. The molecule has 2 N–H and O–H groups in total. The van der Waals surface area contributed by atoms with Gasteiger partial charge in [-0.05, 0) is 6.42 Å². The molecule has 0 aliphatic carbocycles. The molecule has 0 amide bonds. The molecule has 0 bridgehead atoms. The summed E-state index contributed by atoms with van der Waals surface area (Å²) >= 11 is 0. The molecule has 1 aliphatic rings. The lowest BCUT2D eigenvalue weighted by atomic mass is 10.2. The molecule has 0 aromatic heterocycles. The summed E-state index contributed by atoms with van der Waals surface area (Å²) in [5.74, 6) is -1.42. The Labute approximate surface area is 62.4 Å². The molecule has 1 fully saturated rings. The zero-order valence-electron chi connectivity index (χ0n) is 5.73. The number of carboxylic acids is 1. The van der Waals surface area contributed by atoms with E-state index < -0.39 is 11.7 Å². The summed E-state index contributed by atoms with van der Waals surface area (Å²) in [5, 5.41) is 20.8. The highest BCUT2D eigenvalue weighted by molar-refractivity contribution is 5.76. The van der Waals surface area contributed by atoms with E-state index >= 15 is 0 Å². The van der Waals surface area contributed by atoms with Gasteiger partial charge in [0.2, 0.25) is 0 Å². The van der Waals surface area contributed by atoms with E-state index in [0.29, 0.717) is 11.4 Å². The van der Waals surface area contributed by atoms with Gasteiger partial charge < -0.3 is 10.2 Å². The Bertz CT molecular complexity index is 195. The van der Waals surface area contributed by atoms with Gasteiger partial charge in [0.25, 0.3) is 5.72 Å². The summed E-state index contributed by atoms with van der Waals surface area (Å²) in [6.45, 7) is 0.201. The Morgan fingerprint density at radius 1 is 1.64 bits per heavy atom. The molecule has 0 aromatic carbocycles. The SMILES string of the molecule is O=NN1CCCC1(O)C(=O)O. The van der Waals surface area contributed by atoms with Gasteiger partial charge in [-0.15, -0.1) is 4.91 Å². The van der Waals surface area contributed by atoms with E-state index in [9.17, 15) is 14.8 Å². The van der Waals surface area contributed by atoms with Crippen molar-refractivity contribution in [3.8, 4) is 0 Å². The Morgan fingerprint density at radius 3 is 2.64 bits per heavy atom. The maximum atomic E-state index is 10.4. The van der Waals surface area contributed by atoms with Crippen LogP contribution in [0.3, 0.4) is 0 Å². The first-order valence-corrected chi connectivity index (χ1v) is 3.18. The molecule has 0 aromatic rings. The maximum absolute atomic E-state index is 10.4. The average molecular weight is 160 g/mol. The average Bonchev–Trinajstić information content (AvgIpc) is 2.32. The van der Waals surface area contributed by atoms with E-state index in [2.05, 4.69) is 5.29 Å². The van der Waals surface area contributed by atoms with Gasteiger partial charge in [-0.25, -0.2) is 9.80 Å². The Balaban J connectivity index is 2.83. The molecule has 0 saturated carbocycles. The van der Waals surface area contributed by atoms with Crippen LogP contribution < -0.4 is 0 Å². The summed E-state index contributed by atoms with van der Waals surface area (Å²) < 4.78 is 0. The molecule has 62 valence electrons. The van der Waals surface area contributed by atoms with Crippen LogP contribution in [0.5, 0.6) is 0 Å².